The fourth-order valence-corrected chi connectivity index (χ4v) is 2.78. The highest BCUT2D eigenvalue weighted by Gasteiger charge is 2.34. The van der Waals surface area contributed by atoms with E-state index in [1.807, 2.05) is 0 Å². The quantitative estimate of drug-likeness (QED) is 0.639. The number of amides is 1. The molecule has 1 saturated carbocycles. The lowest BCUT2D eigenvalue weighted by atomic mass is 9.92. The largest absolute Gasteiger partial charge is 0.392 e. The van der Waals surface area contributed by atoms with Crippen LogP contribution < -0.4 is 10.6 Å². The highest BCUT2D eigenvalue weighted by Crippen LogP contribution is 2.36. The summed E-state index contributed by atoms with van der Waals surface area (Å²) in [6.07, 6.45) is 3.50. The van der Waals surface area contributed by atoms with Crippen molar-refractivity contribution in [2.24, 2.45) is 5.41 Å². The number of carbonyl (C=O) groups is 1. The summed E-state index contributed by atoms with van der Waals surface area (Å²) < 4.78 is 0. The van der Waals surface area contributed by atoms with E-state index in [1.165, 1.54) is 6.42 Å². The van der Waals surface area contributed by atoms with Crippen LogP contribution in [0.2, 0.25) is 0 Å². The monoisotopic (exact) mass is 226 g/mol. The predicted molar refractivity (Wildman–Crippen MR) is 62.0 cm³/mol. The van der Waals surface area contributed by atoms with Gasteiger partial charge in [-0.1, -0.05) is 13.8 Å². The maximum atomic E-state index is 11.9. The fraction of sp³-hybridized carbons (Fsp3) is 0.917. The van der Waals surface area contributed by atoms with Crippen LogP contribution in [0.25, 0.3) is 0 Å². The molecule has 2 fully saturated rings. The zero-order chi connectivity index (χ0) is 11.8. The van der Waals surface area contributed by atoms with E-state index in [0.717, 1.165) is 12.8 Å². The molecular weight excluding hydrogens is 204 g/mol. The van der Waals surface area contributed by atoms with Gasteiger partial charge in [0, 0.05) is 12.6 Å². The van der Waals surface area contributed by atoms with E-state index >= 15 is 0 Å². The van der Waals surface area contributed by atoms with Crippen molar-refractivity contribution in [1.82, 2.24) is 10.6 Å². The Balaban J connectivity index is 1.80. The third kappa shape index (κ3) is 2.74. The molecule has 0 aromatic heterocycles. The predicted octanol–water partition coefficient (Wildman–Crippen LogP) is 0.404. The Kier molecular flexibility index (Phi) is 3.22. The van der Waals surface area contributed by atoms with Crippen molar-refractivity contribution in [3.05, 3.63) is 0 Å². The van der Waals surface area contributed by atoms with Crippen molar-refractivity contribution < 1.29 is 9.90 Å². The van der Waals surface area contributed by atoms with Gasteiger partial charge in [0.1, 0.15) is 0 Å². The van der Waals surface area contributed by atoms with Gasteiger partial charge in [0.15, 0.2) is 0 Å². The summed E-state index contributed by atoms with van der Waals surface area (Å²) in [5.41, 5.74) is 0.362. The van der Waals surface area contributed by atoms with Crippen LogP contribution in [0.1, 0.15) is 39.5 Å². The number of hydrogen-bond donors (Lipinski definition) is 3. The molecule has 3 atom stereocenters. The van der Waals surface area contributed by atoms with Crippen molar-refractivity contribution in [2.45, 2.75) is 57.7 Å². The number of β-amino-alcohol motifs (C(OH)–C–C–N with tert-alkyl or cyclic N) is 1. The molecule has 92 valence electrons. The molecule has 0 aromatic rings. The third-order valence-electron chi connectivity index (χ3n) is 3.74. The highest BCUT2D eigenvalue weighted by atomic mass is 16.3. The number of aliphatic hydroxyl groups is 1. The molecule has 2 rings (SSSR count). The molecule has 3 unspecified atom stereocenters. The second-order valence-electron chi connectivity index (χ2n) is 5.96. The number of rotatable bonds is 2. The molecule has 0 aromatic carbocycles. The van der Waals surface area contributed by atoms with Crippen molar-refractivity contribution in [1.29, 1.82) is 0 Å². The van der Waals surface area contributed by atoms with Crippen LogP contribution in [0.15, 0.2) is 0 Å². The van der Waals surface area contributed by atoms with Gasteiger partial charge in [-0.25, -0.2) is 0 Å². The van der Waals surface area contributed by atoms with E-state index in [2.05, 4.69) is 24.5 Å². The molecule has 1 aliphatic heterocycles. The van der Waals surface area contributed by atoms with E-state index in [-0.39, 0.29) is 18.1 Å². The van der Waals surface area contributed by atoms with Crippen LogP contribution >= 0.6 is 0 Å². The second kappa shape index (κ2) is 4.34. The Morgan fingerprint density at radius 2 is 2.25 bits per heavy atom. The molecule has 3 N–H and O–H groups in total. The standard InChI is InChI=1S/C12H22N2O2/c1-12(2)4-3-8(6-12)14-11(16)10-5-9(15)7-13-10/h8-10,13,15H,3-7H2,1-2H3,(H,14,16). The number of hydrogen-bond acceptors (Lipinski definition) is 3. The minimum absolute atomic E-state index is 0.0549. The van der Waals surface area contributed by atoms with Crippen LogP contribution in [-0.4, -0.2) is 35.7 Å². The molecule has 0 radical (unpaired) electrons. The van der Waals surface area contributed by atoms with E-state index < -0.39 is 0 Å². The lowest BCUT2D eigenvalue weighted by Gasteiger charge is -2.19. The molecule has 1 heterocycles. The topological polar surface area (TPSA) is 61.4 Å². The van der Waals surface area contributed by atoms with Gasteiger partial charge in [0.05, 0.1) is 12.1 Å². The van der Waals surface area contributed by atoms with Gasteiger partial charge in [0.2, 0.25) is 5.91 Å². The minimum atomic E-state index is -0.365. The van der Waals surface area contributed by atoms with Gasteiger partial charge in [-0.2, -0.15) is 0 Å². The first-order valence-corrected chi connectivity index (χ1v) is 6.18. The number of nitrogens with one attached hydrogen (secondary N) is 2. The lowest BCUT2D eigenvalue weighted by molar-refractivity contribution is -0.123. The van der Waals surface area contributed by atoms with Gasteiger partial charge >= 0.3 is 0 Å². The van der Waals surface area contributed by atoms with Crippen molar-refractivity contribution in [3.63, 3.8) is 0 Å². The maximum absolute atomic E-state index is 11.9. The van der Waals surface area contributed by atoms with E-state index in [1.54, 1.807) is 0 Å². The van der Waals surface area contributed by atoms with Crippen molar-refractivity contribution in [2.75, 3.05) is 6.54 Å². The minimum Gasteiger partial charge on any atom is -0.392 e. The average Bonchev–Trinajstić information content (AvgIpc) is 2.73. The maximum Gasteiger partial charge on any atom is 0.237 e. The van der Waals surface area contributed by atoms with Crippen LogP contribution in [0, 0.1) is 5.41 Å². The first-order chi connectivity index (χ1) is 7.46. The molecule has 1 saturated heterocycles. The smallest absolute Gasteiger partial charge is 0.237 e. The van der Waals surface area contributed by atoms with Crippen molar-refractivity contribution >= 4 is 5.91 Å². The summed E-state index contributed by atoms with van der Waals surface area (Å²) in [7, 11) is 0. The van der Waals surface area contributed by atoms with Gasteiger partial charge in [0.25, 0.3) is 0 Å². The molecule has 4 nitrogen and oxygen atoms in total. The number of aliphatic hydroxyl groups excluding tert-OH is 1. The molecular formula is C12H22N2O2. The Hall–Kier alpha value is -0.610. The molecule has 1 aliphatic carbocycles. The van der Waals surface area contributed by atoms with E-state index in [0.29, 0.717) is 24.4 Å². The molecule has 2 aliphatic rings. The third-order valence-corrected chi connectivity index (χ3v) is 3.74. The Morgan fingerprint density at radius 3 is 2.75 bits per heavy atom. The fourth-order valence-electron chi connectivity index (χ4n) is 2.78. The van der Waals surface area contributed by atoms with Gasteiger partial charge in [-0.3, -0.25) is 4.79 Å². The molecule has 0 bridgehead atoms. The molecule has 0 spiro atoms. The van der Waals surface area contributed by atoms with E-state index in [9.17, 15) is 9.90 Å². The second-order valence-corrected chi connectivity index (χ2v) is 5.96. The van der Waals surface area contributed by atoms with Crippen LogP contribution in [0.3, 0.4) is 0 Å². The Labute approximate surface area is 96.8 Å². The van der Waals surface area contributed by atoms with Gasteiger partial charge < -0.3 is 15.7 Å². The summed E-state index contributed by atoms with van der Waals surface area (Å²) >= 11 is 0. The lowest BCUT2D eigenvalue weighted by Crippen LogP contribution is -2.44. The highest BCUT2D eigenvalue weighted by molar-refractivity contribution is 5.82. The first-order valence-electron chi connectivity index (χ1n) is 6.18. The number of carbonyl (C=O) groups excluding carboxylic acids is 1. The van der Waals surface area contributed by atoms with Crippen LogP contribution in [0.5, 0.6) is 0 Å². The van der Waals surface area contributed by atoms with Gasteiger partial charge in [-0.05, 0) is 31.1 Å². The summed E-state index contributed by atoms with van der Waals surface area (Å²) in [4.78, 5) is 11.9. The normalized spacial score (nSPS) is 37.6. The SMILES string of the molecule is CC1(C)CCC(NC(=O)C2CC(O)CN2)C1. The van der Waals surface area contributed by atoms with Crippen LogP contribution in [0.4, 0.5) is 0 Å². The summed E-state index contributed by atoms with van der Waals surface area (Å²) in [5, 5.41) is 15.5. The molecule has 4 heteroatoms. The average molecular weight is 226 g/mol. The molecule has 16 heavy (non-hydrogen) atoms. The van der Waals surface area contributed by atoms with Crippen LogP contribution in [-0.2, 0) is 4.79 Å². The zero-order valence-electron chi connectivity index (χ0n) is 10.1. The first kappa shape index (κ1) is 11.9. The summed E-state index contributed by atoms with van der Waals surface area (Å²) in [5.74, 6) is 0.0549. The summed E-state index contributed by atoms with van der Waals surface area (Å²) in [6.45, 7) is 5.03. The van der Waals surface area contributed by atoms with Gasteiger partial charge in [-0.15, -0.1) is 0 Å². The molecule has 1 amide bonds. The summed E-state index contributed by atoms with van der Waals surface area (Å²) in [6, 6.07) is 0.126. The van der Waals surface area contributed by atoms with Crippen molar-refractivity contribution in [3.8, 4) is 0 Å². The Morgan fingerprint density at radius 1 is 1.50 bits per heavy atom. The zero-order valence-corrected chi connectivity index (χ0v) is 10.1. The Bertz CT molecular complexity index is 278. The van der Waals surface area contributed by atoms with E-state index in [4.69, 9.17) is 0 Å².